The summed E-state index contributed by atoms with van der Waals surface area (Å²) in [6.07, 6.45) is 5.89. The van der Waals surface area contributed by atoms with E-state index in [4.69, 9.17) is 0 Å². The molecule has 56 valence electrons. The van der Waals surface area contributed by atoms with Crippen molar-refractivity contribution in [1.29, 1.82) is 0 Å². The standard InChI is InChI=1S/C8H8N2O/c11-8-3-6-1-2-9-4-7(6)5-10-8/h1-2,5H,3-4H2,(H,10,11). The van der Waals surface area contributed by atoms with Crippen LogP contribution in [0.1, 0.15) is 6.42 Å². The number of carbonyl (C=O) groups is 1. The number of hydrogen-bond donors (Lipinski definition) is 1. The van der Waals surface area contributed by atoms with Gasteiger partial charge in [0.05, 0.1) is 13.0 Å². The summed E-state index contributed by atoms with van der Waals surface area (Å²) < 4.78 is 0. The van der Waals surface area contributed by atoms with Crippen LogP contribution in [0.2, 0.25) is 0 Å². The number of fused-ring (bicyclic) bond motifs is 1. The predicted molar refractivity (Wildman–Crippen MR) is 42.3 cm³/mol. The van der Waals surface area contributed by atoms with Gasteiger partial charge in [-0.2, -0.15) is 0 Å². The van der Waals surface area contributed by atoms with E-state index >= 15 is 0 Å². The molecule has 0 radical (unpaired) electrons. The van der Waals surface area contributed by atoms with Crippen LogP contribution < -0.4 is 5.32 Å². The van der Waals surface area contributed by atoms with E-state index in [2.05, 4.69) is 10.3 Å². The van der Waals surface area contributed by atoms with Gasteiger partial charge in [-0.1, -0.05) is 0 Å². The molecule has 2 aliphatic heterocycles. The first-order chi connectivity index (χ1) is 5.36. The van der Waals surface area contributed by atoms with Crippen molar-refractivity contribution in [2.24, 2.45) is 4.99 Å². The Bertz CT molecular complexity index is 286. The lowest BCUT2D eigenvalue weighted by molar-refractivity contribution is -0.119. The molecule has 0 fully saturated rings. The zero-order valence-electron chi connectivity index (χ0n) is 6.00. The number of aliphatic imine (C=N–C) groups is 1. The number of allylic oxidation sites excluding steroid dienone is 1. The minimum atomic E-state index is 0.0651. The Labute approximate surface area is 64.5 Å². The monoisotopic (exact) mass is 148 g/mol. The van der Waals surface area contributed by atoms with Gasteiger partial charge in [-0.15, -0.1) is 0 Å². The predicted octanol–water partition coefficient (Wildman–Crippen LogP) is 0.401. The van der Waals surface area contributed by atoms with Crippen LogP contribution in [0.3, 0.4) is 0 Å². The fourth-order valence-corrected chi connectivity index (χ4v) is 1.20. The molecule has 11 heavy (non-hydrogen) atoms. The van der Waals surface area contributed by atoms with Crippen molar-refractivity contribution in [1.82, 2.24) is 5.32 Å². The van der Waals surface area contributed by atoms with Crippen molar-refractivity contribution in [3.8, 4) is 0 Å². The maximum absolute atomic E-state index is 10.9. The molecule has 2 aliphatic rings. The molecule has 3 heteroatoms. The van der Waals surface area contributed by atoms with E-state index in [9.17, 15) is 4.79 Å². The second-order valence-electron chi connectivity index (χ2n) is 2.60. The molecule has 0 aromatic heterocycles. The summed E-state index contributed by atoms with van der Waals surface area (Å²) in [6, 6.07) is 0. The topological polar surface area (TPSA) is 41.5 Å². The molecule has 3 nitrogen and oxygen atoms in total. The minimum absolute atomic E-state index is 0.0651. The van der Waals surface area contributed by atoms with Crippen molar-refractivity contribution in [3.05, 3.63) is 23.4 Å². The van der Waals surface area contributed by atoms with E-state index in [-0.39, 0.29) is 5.91 Å². The van der Waals surface area contributed by atoms with Gasteiger partial charge in [0, 0.05) is 12.4 Å². The molecule has 1 N–H and O–H groups in total. The van der Waals surface area contributed by atoms with E-state index in [1.807, 2.05) is 6.08 Å². The van der Waals surface area contributed by atoms with E-state index in [1.54, 1.807) is 12.4 Å². The van der Waals surface area contributed by atoms with Crippen molar-refractivity contribution in [2.45, 2.75) is 6.42 Å². The number of nitrogens with one attached hydrogen (secondary N) is 1. The van der Waals surface area contributed by atoms with Crippen molar-refractivity contribution >= 4 is 12.1 Å². The molecule has 1 amide bonds. The van der Waals surface area contributed by atoms with Gasteiger partial charge in [-0.05, 0) is 17.2 Å². The molecule has 0 spiro atoms. The highest BCUT2D eigenvalue weighted by molar-refractivity contribution is 5.86. The van der Waals surface area contributed by atoms with Crippen molar-refractivity contribution in [2.75, 3.05) is 6.54 Å². The normalized spacial score (nSPS) is 21.6. The fraction of sp³-hybridized carbons (Fsp3) is 0.250. The number of nitrogens with zero attached hydrogens (tertiary/aromatic N) is 1. The number of amides is 1. The second kappa shape index (κ2) is 2.34. The zero-order chi connectivity index (χ0) is 7.68. The highest BCUT2D eigenvalue weighted by atomic mass is 16.1. The maximum atomic E-state index is 10.9. The lowest BCUT2D eigenvalue weighted by Gasteiger charge is -2.17. The number of dihydropyridines is 1. The molecule has 2 rings (SSSR count). The molecule has 0 aromatic rings. The quantitative estimate of drug-likeness (QED) is 0.530. The summed E-state index contributed by atoms with van der Waals surface area (Å²) in [5.41, 5.74) is 2.23. The number of carbonyl (C=O) groups excluding carboxylic acids is 1. The van der Waals surface area contributed by atoms with Crippen molar-refractivity contribution < 1.29 is 4.79 Å². The number of rotatable bonds is 0. The lowest BCUT2D eigenvalue weighted by atomic mass is 9.99. The van der Waals surface area contributed by atoms with Gasteiger partial charge in [-0.3, -0.25) is 9.79 Å². The Morgan fingerprint density at radius 3 is 3.27 bits per heavy atom. The molecule has 2 heterocycles. The van der Waals surface area contributed by atoms with Gasteiger partial charge in [0.1, 0.15) is 0 Å². The molecule has 0 saturated carbocycles. The number of hydrogen-bond acceptors (Lipinski definition) is 2. The average molecular weight is 148 g/mol. The lowest BCUT2D eigenvalue weighted by Crippen LogP contribution is -2.25. The van der Waals surface area contributed by atoms with Crippen LogP contribution in [-0.2, 0) is 4.79 Å². The third-order valence-electron chi connectivity index (χ3n) is 1.81. The Kier molecular flexibility index (Phi) is 1.35. The average Bonchev–Trinajstić information content (AvgIpc) is 2.04. The van der Waals surface area contributed by atoms with Crippen LogP contribution in [0.4, 0.5) is 0 Å². The van der Waals surface area contributed by atoms with E-state index in [1.165, 1.54) is 0 Å². The molecule has 0 saturated heterocycles. The fourth-order valence-electron chi connectivity index (χ4n) is 1.20. The zero-order valence-corrected chi connectivity index (χ0v) is 6.00. The highest BCUT2D eigenvalue weighted by Crippen LogP contribution is 2.19. The molecule has 0 aromatic carbocycles. The van der Waals surface area contributed by atoms with Gasteiger partial charge >= 0.3 is 0 Å². The summed E-state index contributed by atoms with van der Waals surface area (Å²) in [7, 11) is 0. The molecule has 0 unspecified atom stereocenters. The summed E-state index contributed by atoms with van der Waals surface area (Å²) in [5, 5.41) is 2.67. The third kappa shape index (κ3) is 1.09. The molecular weight excluding hydrogens is 140 g/mol. The van der Waals surface area contributed by atoms with Gasteiger partial charge in [0.2, 0.25) is 5.91 Å². The van der Waals surface area contributed by atoms with Crippen LogP contribution in [-0.4, -0.2) is 18.7 Å². The van der Waals surface area contributed by atoms with E-state index in [0.717, 1.165) is 11.1 Å². The van der Waals surface area contributed by atoms with Gasteiger partial charge in [0.15, 0.2) is 0 Å². The van der Waals surface area contributed by atoms with Crippen molar-refractivity contribution in [3.63, 3.8) is 0 Å². The molecule has 0 atom stereocenters. The van der Waals surface area contributed by atoms with Gasteiger partial charge in [-0.25, -0.2) is 0 Å². The molecule has 0 bridgehead atoms. The first kappa shape index (κ1) is 6.34. The van der Waals surface area contributed by atoms with E-state index in [0.29, 0.717) is 13.0 Å². The Hall–Kier alpha value is -1.38. The summed E-state index contributed by atoms with van der Waals surface area (Å²) in [4.78, 5) is 14.9. The van der Waals surface area contributed by atoms with Crippen LogP contribution >= 0.6 is 0 Å². The molecular formula is C8H8N2O. The van der Waals surface area contributed by atoms with E-state index < -0.39 is 0 Å². The SMILES string of the molecule is O=C1CC2=CC=NCC2=CN1. The smallest absolute Gasteiger partial charge is 0.228 e. The van der Waals surface area contributed by atoms with Crippen LogP contribution in [0.15, 0.2) is 28.4 Å². The van der Waals surface area contributed by atoms with Crippen LogP contribution in [0.5, 0.6) is 0 Å². The molecule has 0 aliphatic carbocycles. The second-order valence-corrected chi connectivity index (χ2v) is 2.60. The summed E-state index contributed by atoms with van der Waals surface area (Å²) in [5.74, 6) is 0.0651. The Morgan fingerprint density at radius 1 is 1.45 bits per heavy atom. The Morgan fingerprint density at radius 2 is 2.36 bits per heavy atom. The summed E-state index contributed by atoms with van der Waals surface area (Å²) in [6.45, 7) is 0.701. The van der Waals surface area contributed by atoms with Crippen LogP contribution in [0, 0.1) is 0 Å². The van der Waals surface area contributed by atoms with Gasteiger partial charge in [0.25, 0.3) is 0 Å². The van der Waals surface area contributed by atoms with Crippen LogP contribution in [0.25, 0.3) is 0 Å². The first-order valence-corrected chi connectivity index (χ1v) is 3.54. The highest BCUT2D eigenvalue weighted by Gasteiger charge is 2.15. The van der Waals surface area contributed by atoms with Gasteiger partial charge < -0.3 is 5.32 Å². The Balaban J connectivity index is 2.35. The largest absolute Gasteiger partial charge is 0.332 e. The summed E-state index contributed by atoms with van der Waals surface area (Å²) >= 11 is 0. The minimum Gasteiger partial charge on any atom is -0.332 e. The maximum Gasteiger partial charge on any atom is 0.228 e. The third-order valence-corrected chi connectivity index (χ3v) is 1.81. The first-order valence-electron chi connectivity index (χ1n) is 3.54.